The standard InChI is InChI=1S/C13H28N2O/c1-4-13(2,16-3)12(15-14)11-9-7-5-6-8-10-11/h11-12,15H,4-10,14H2,1-3H3. The van der Waals surface area contributed by atoms with Gasteiger partial charge in [0.25, 0.3) is 0 Å². The highest BCUT2D eigenvalue weighted by molar-refractivity contribution is 4.92. The number of nitrogens with two attached hydrogens (primary N) is 1. The van der Waals surface area contributed by atoms with Gasteiger partial charge in [-0.15, -0.1) is 0 Å². The Balaban J connectivity index is 2.70. The molecule has 96 valence electrons. The van der Waals surface area contributed by atoms with Crippen LogP contribution in [0.25, 0.3) is 0 Å². The van der Waals surface area contributed by atoms with E-state index in [1.54, 1.807) is 7.11 Å². The van der Waals surface area contributed by atoms with Crippen molar-refractivity contribution in [3.63, 3.8) is 0 Å². The largest absolute Gasteiger partial charge is 0.377 e. The highest BCUT2D eigenvalue weighted by atomic mass is 16.5. The Hall–Kier alpha value is -0.120. The molecule has 3 nitrogen and oxygen atoms in total. The van der Waals surface area contributed by atoms with Crippen molar-refractivity contribution in [1.82, 2.24) is 5.43 Å². The quantitative estimate of drug-likeness (QED) is 0.432. The Kier molecular flexibility index (Phi) is 5.73. The first kappa shape index (κ1) is 13.9. The molecule has 0 aliphatic heterocycles. The van der Waals surface area contributed by atoms with Gasteiger partial charge in [-0.05, 0) is 32.1 Å². The van der Waals surface area contributed by atoms with E-state index in [2.05, 4.69) is 19.3 Å². The number of ether oxygens (including phenoxy) is 1. The van der Waals surface area contributed by atoms with Crippen molar-refractivity contribution in [2.24, 2.45) is 11.8 Å². The second-order valence-corrected chi connectivity index (χ2v) is 5.27. The third-order valence-electron chi connectivity index (χ3n) is 4.38. The molecule has 2 unspecified atom stereocenters. The molecule has 1 aliphatic carbocycles. The molecule has 0 aromatic heterocycles. The Morgan fingerprint density at radius 1 is 1.31 bits per heavy atom. The summed E-state index contributed by atoms with van der Waals surface area (Å²) in [6.45, 7) is 4.34. The molecule has 1 rings (SSSR count). The molecule has 0 radical (unpaired) electrons. The third kappa shape index (κ3) is 3.19. The van der Waals surface area contributed by atoms with E-state index in [1.807, 2.05) is 0 Å². The molecule has 3 heteroatoms. The van der Waals surface area contributed by atoms with E-state index in [4.69, 9.17) is 10.6 Å². The van der Waals surface area contributed by atoms with Crippen molar-refractivity contribution in [2.75, 3.05) is 7.11 Å². The molecule has 2 atom stereocenters. The fraction of sp³-hybridized carbons (Fsp3) is 1.00. The predicted molar refractivity (Wildman–Crippen MR) is 68.0 cm³/mol. The molecule has 1 aliphatic rings. The van der Waals surface area contributed by atoms with E-state index in [1.165, 1.54) is 38.5 Å². The Morgan fingerprint density at radius 3 is 2.25 bits per heavy atom. The minimum absolute atomic E-state index is 0.135. The van der Waals surface area contributed by atoms with Gasteiger partial charge in [-0.1, -0.05) is 32.6 Å². The lowest BCUT2D eigenvalue weighted by molar-refractivity contribution is -0.0475. The van der Waals surface area contributed by atoms with Crippen LogP contribution in [0, 0.1) is 5.92 Å². The highest BCUT2D eigenvalue weighted by Crippen LogP contribution is 2.32. The molecule has 0 spiro atoms. The SMILES string of the molecule is CCC(C)(OC)C(NN)C1CCCCCC1. The Bertz CT molecular complexity index is 184. The normalized spacial score (nSPS) is 24.8. The first-order chi connectivity index (χ1) is 7.68. The van der Waals surface area contributed by atoms with Gasteiger partial charge >= 0.3 is 0 Å². The van der Waals surface area contributed by atoms with E-state index in [-0.39, 0.29) is 11.6 Å². The monoisotopic (exact) mass is 228 g/mol. The van der Waals surface area contributed by atoms with Gasteiger partial charge in [-0.2, -0.15) is 0 Å². The fourth-order valence-electron chi connectivity index (χ4n) is 2.95. The van der Waals surface area contributed by atoms with E-state index in [0.717, 1.165) is 6.42 Å². The van der Waals surface area contributed by atoms with Crippen molar-refractivity contribution < 1.29 is 4.74 Å². The summed E-state index contributed by atoms with van der Waals surface area (Å²) in [6, 6.07) is 0.278. The van der Waals surface area contributed by atoms with Gasteiger partial charge in [0.05, 0.1) is 11.6 Å². The predicted octanol–water partition coefficient (Wildman–Crippen LogP) is 2.60. The minimum Gasteiger partial charge on any atom is -0.377 e. The van der Waals surface area contributed by atoms with Gasteiger partial charge in [0.1, 0.15) is 0 Å². The summed E-state index contributed by atoms with van der Waals surface area (Å²) in [5.74, 6) is 6.43. The van der Waals surface area contributed by atoms with Crippen LogP contribution in [0.4, 0.5) is 0 Å². The van der Waals surface area contributed by atoms with Crippen molar-refractivity contribution >= 4 is 0 Å². The van der Waals surface area contributed by atoms with Crippen LogP contribution in [-0.4, -0.2) is 18.8 Å². The zero-order chi connectivity index (χ0) is 12.0. The third-order valence-corrected chi connectivity index (χ3v) is 4.38. The topological polar surface area (TPSA) is 47.3 Å². The number of methoxy groups -OCH3 is 1. The Labute approximate surface area is 100 Å². The summed E-state index contributed by atoms with van der Waals surface area (Å²) in [5, 5.41) is 0. The average molecular weight is 228 g/mol. The number of hydrogen-bond donors (Lipinski definition) is 2. The van der Waals surface area contributed by atoms with Crippen molar-refractivity contribution in [2.45, 2.75) is 70.4 Å². The van der Waals surface area contributed by atoms with Crippen molar-refractivity contribution in [3.8, 4) is 0 Å². The van der Waals surface area contributed by atoms with E-state index >= 15 is 0 Å². The minimum atomic E-state index is -0.135. The maximum atomic E-state index is 5.76. The lowest BCUT2D eigenvalue weighted by atomic mass is 9.80. The molecule has 16 heavy (non-hydrogen) atoms. The molecule has 1 saturated carbocycles. The second kappa shape index (κ2) is 6.58. The zero-order valence-corrected chi connectivity index (χ0v) is 11.1. The molecular weight excluding hydrogens is 200 g/mol. The fourth-order valence-corrected chi connectivity index (χ4v) is 2.95. The number of rotatable bonds is 5. The first-order valence-corrected chi connectivity index (χ1v) is 6.69. The maximum absolute atomic E-state index is 5.76. The molecule has 0 heterocycles. The second-order valence-electron chi connectivity index (χ2n) is 5.27. The number of hydrazine groups is 1. The molecule has 0 amide bonds. The van der Waals surface area contributed by atoms with Gasteiger partial charge in [-0.25, -0.2) is 0 Å². The Morgan fingerprint density at radius 2 is 1.88 bits per heavy atom. The van der Waals surface area contributed by atoms with Crippen LogP contribution < -0.4 is 11.3 Å². The lowest BCUT2D eigenvalue weighted by Gasteiger charge is -2.40. The van der Waals surface area contributed by atoms with Gasteiger partial charge in [0.2, 0.25) is 0 Å². The van der Waals surface area contributed by atoms with Crippen molar-refractivity contribution in [1.29, 1.82) is 0 Å². The van der Waals surface area contributed by atoms with E-state index < -0.39 is 0 Å². The van der Waals surface area contributed by atoms with Crippen molar-refractivity contribution in [3.05, 3.63) is 0 Å². The number of nitrogens with one attached hydrogen (secondary N) is 1. The maximum Gasteiger partial charge on any atom is 0.0816 e. The summed E-state index contributed by atoms with van der Waals surface area (Å²) >= 11 is 0. The van der Waals surface area contributed by atoms with Crippen LogP contribution in [0.15, 0.2) is 0 Å². The number of hydrogen-bond acceptors (Lipinski definition) is 3. The van der Waals surface area contributed by atoms with Crippen LogP contribution in [0.1, 0.15) is 58.8 Å². The molecule has 3 N–H and O–H groups in total. The molecule has 0 bridgehead atoms. The van der Waals surface area contributed by atoms with Crippen LogP contribution >= 0.6 is 0 Å². The van der Waals surface area contributed by atoms with E-state index in [9.17, 15) is 0 Å². The van der Waals surface area contributed by atoms with Crippen LogP contribution in [0.2, 0.25) is 0 Å². The molecule has 0 aromatic carbocycles. The van der Waals surface area contributed by atoms with Crippen LogP contribution in [0.3, 0.4) is 0 Å². The van der Waals surface area contributed by atoms with Gasteiger partial charge in [-0.3, -0.25) is 11.3 Å². The molecule has 0 saturated heterocycles. The highest BCUT2D eigenvalue weighted by Gasteiger charge is 2.37. The molecule has 0 aromatic rings. The summed E-state index contributed by atoms with van der Waals surface area (Å²) in [4.78, 5) is 0. The summed E-state index contributed by atoms with van der Waals surface area (Å²) in [7, 11) is 1.80. The molecule has 1 fully saturated rings. The molecular formula is C13H28N2O. The van der Waals surface area contributed by atoms with Crippen LogP contribution in [0.5, 0.6) is 0 Å². The smallest absolute Gasteiger partial charge is 0.0816 e. The lowest BCUT2D eigenvalue weighted by Crippen LogP contribution is -2.56. The zero-order valence-electron chi connectivity index (χ0n) is 11.1. The van der Waals surface area contributed by atoms with Gasteiger partial charge in [0.15, 0.2) is 0 Å². The average Bonchev–Trinajstić information content (AvgIpc) is 2.58. The first-order valence-electron chi connectivity index (χ1n) is 6.69. The van der Waals surface area contributed by atoms with Gasteiger partial charge < -0.3 is 4.74 Å². The van der Waals surface area contributed by atoms with E-state index in [0.29, 0.717) is 5.92 Å². The summed E-state index contributed by atoms with van der Waals surface area (Å²) < 4.78 is 5.69. The van der Waals surface area contributed by atoms with Gasteiger partial charge in [0, 0.05) is 7.11 Å². The summed E-state index contributed by atoms with van der Waals surface area (Å²) in [5.41, 5.74) is 2.88. The summed E-state index contributed by atoms with van der Waals surface area (Å²) in [6.07, 6.45) is 9.00. The van der Waals surface area contributed by atoms with Crippen LogP contribution in [-0.2, 0) is 4.74 Å².